The zero-order valence-corrected chi connectivity index (χ0v) is 14.9. The van der Waals surface area contributed by atoms with Crippen LogP contribution in [0.3, 0.4) is 0 Å². The normalized spacial score (nSPS) is 10.4. The van der Waals surface area contributed by atoms with Crippen molar-refractivity contribution in [3.63, 3.8) is 0 Å². The number of unbranched alkanes of at least 4 members (excludes halogenated alkanes) is 3. The van der Waals surface area contributed by atoms with Gasteiger partial charge < -0.3 is 0 Å². The lowest BCUT2D eigenvalue weighted by atomic mass is 9.96. The van der Waals surface area contributed by atoms with Crippen LogP contribution in [-0.4, -0.2) is 9.78 Å². The minimum atomic E-state index is 1.07. The maximum atomic E-state index is 4.45. The minimum absolute atomic E-state index is 1.07. The van der Waals surface area contributed by atoms with E-state index in [0.717, 1.165) is 6.42 Å². The van der Waals surface area contributed by atoms with Crippen molar-refractivity contribution in [2.75, 3.05) is 0 Å². The van der Waals surface area contributed by atoms with Gasteiger partial charge in [0.15, 0.2) is 0 Å². The Morgan fingerprint density at radius 1 is 1.13 bits per heavy atom. The van der Waals surface area contributed by atoms with Crippen molar-refractivity contribution in [1.29, 1.82) is 0 Å². The van der Waals surface area contributed by atoms with E-state index >= 15 is 0 Å². The highest BCUT2D eigenvalue weighted by atomic mass is 15.3. The third kappa shape index (κ3) is 4.71. The monoisotopic (exact) mass is 308 g/mol. The lowest BCUT2D eigenvalue weighted by Crippen LogP contribution is -2.02. The summed E-state index contributed by atoms with van der Waals surface area (Å²) in [4.78, 5) is 0. The summed E-state index contributed by atoms with van der Waals surface area (Å²) in [6.45, 7) is 8.64. The molecule has 0 atom stereocenters. The average molecular weight is 308 g/mol. The first-order chi connectivity index (χ1) is 11.1. The first-order valence-corrected chi connectivity index (χ1v) is 8.66. The predicted octanol–water partition coefficient (Wildman–Crippen LogP) is 6.10. The summed E-state index contributed by atoms with van der Waals surface area (Å²) in [5.41, 5.74) is 9.80. The molecule has 2 rings (SSSR count). The molecule has 1 aromatic carbocycles. The van der Waals surface area contributed by atoms with Gasteiger partial charge in [0.2, 0.25) is 0 Å². The summed E-state index contributed by atoms with van der Waals surface area (Å²) >= 11 is 0. The molecule has 1 aromatic heterocycles. The quantitative estimate of drug-likeness (QED) is 0.446. The van der Waals surface area contributed by atoms with Crippen LogP contribution in [0.4, 0.5) is 0 Å². The molecular weight excluding hydrogens is 280 g/mol. The fourth-order valence-corrected chi connectivity index (χ4v) is 2.90. The second-order valence-corrected chi connectivity index (χ2v) is 6.34. The summed E-state index contributed by atoms with van der Waals surface area (Å²) in [5, 5.41) is 4.45. The first kappa shape index (κ1) is 17.3. The maximum Gasteiger partial charge on any atom is 0.0755 e. The molecule has 0 unspecified atom stereocenters. The lowest BCUT2D eigenvalue weighted by molar-refractivity contribution is 0.678. The van der Waals surface area contributed by atoms with Crippen LogP contribution in [-0.2, 0) is 0 Å². The van der Waals surface area contributed by atoms with Crippen LogP contribution >= 0.6 is 0 Å². The largest absolute Gasteiger partial charge is 0.240 e. The number of aromatic nitrogens is 2. The van der Waals surface area contributed by atoms with Gasteiger partial charge in [-0.3, -0.25) is 0 Å². The average Bonchev–Trinajstić information content (AvgIpc) is 3.03. The van der Waals surface area contributed by atoms with Crippen LogP contribution in [0.1, 0.15) is 64.0 Å². The summed E-state index contributed by atoms with van der Waals surface area (Å²) in [5.74, 6) is 0. The molecule has 23 heavy (non-hydrogen) atoms. The van der Waals surface area contributed by atoms with Crippen LogP contribution in [0.5, 0.6) is 0 Å². The van der Waals surface area contributed by atoms with Gasteiger partial charge in [0.25, 0.3) is 0 Å². The molecule has 0 bridgehead atoms. The number of para-hydroxylation sites is 1. The summed E-state index contributed by atoms with van der Waals surface area (Å²) in [6.07, 6.45) is 10.0. The second kappa shape index (κ2) is 8.55. The number of hydrogen-bond acceptors (Lipinski definition) is 1. The Morgan fingerprint density at radius 3 is 2.61 bits per heavy atom. The van der Waals surface area contributed by atoms with Gasteiger partial charge in [0, 0.05) is 23.5 Å². The van der Waals surface area contributed by atoms with Crippen LogP contribution in [0.25, 0.3) is 11.3 Å². The number of benzene rings is 1. The van der Waals surface area contributed by atoms with Crippen LogP contribution in [0.2, 0.25) is 0 Å². The second-order valence-electron chi connectivity index (χ2n) is 6.34. The van der Waals surface area contributed by atoms with Gasteiger partial charge in [-0.05, 0) is 50.8 Å². The van der Waals surface area contributed by atoms with E-state index in [1.807, 2.05) is 23.1 Å². The first-order valence-electron chi connectivity index (χ1n) is 8.66. The number of allylic oxidation sites excluding steroid dienone is 1. The van der Waals surface area contributed by atoms with Gasteiger partial charge in [-0.25, -0.2) is 4.68 Å². The maximum absolute atomic E-state index is 4.45. The molecular formula is C21H28N2. The topological polar surface area (TPSA) is 17.8 Å². The van der Waals surface area contributed by atoms with E-state index in [9.17, 15) is 0 Å². The van der Waals surface area contributed by atoms with Crippen molar-refractivity contribution in [1.82, 2.24) is 9.78 Å². The van der Waals surface area contributed by atoms with Crippen LogP contribution < -0.4 is 0 Å². The van der Waals surface area contributed by atoms with Gasteiger partial charge in [0.1, 0.15) is 0 Å². The third-order valence-corrected chi connectivity index (χ3v) is 3.98. The molecule has 122 valence electrons. The Morgan fingerprint density at radius 2 is 1.96 bits per heavy atom. The smallest absolute Gasteiger partial charge is 0.0755 e. The zero-order valence-electron chi connectivity index (χ0n) is 14.9. The van der Waals surface area contributed by atoms with Gasteiger partial charge in [0.05, 0.1) is 5.69 Å². The molecule has 0 radical (unpaired) electrons. The van der Waals surface area contributed by atoms with E-state index < -0.39 is 0 Å². The molecule has 0 saturated heterocycles. The molecule has 2 heteroatoms. The third-order valence-electron chi connectivity index (χ3n) is 3.98. The molecule has 0 spiro atoms. The van der Waals surface area contributed by atoms with Gasteiger partial charge in [-0.2, -0.15) is 5.10 Å². The summed E-state index contributed by atoms with van der Waals surface area (Å²) < 4.78 is 1.98. The minimum Gasteiger partial charge on any atom is -0.240 e. The Labute approximate surface area is 140 Å². The standard InChI is InChI=1S/C21H28N2/c1-5-6-7-8-12-19(16-17(2)3)20-13-9-11-18(4)21(20)23-15-10-14-22-23/h9-11,13-15H,5-8,12H2,1-4H3. The lowest BCUT2D eigenvalue weighted by Gasteiger charge is -2.14. The highest BCUT2D eigenvalue weighted by molar-refractivity contribution is 5.73. The molecule has 0 fully saturated rings. The zero-order chi connectivity index (χ0) is 16.7. The molecule has 0 saturated carbocycles. The summed E-state index contributed by atoms with van der Waals surface area (Å²) in [7, 11) is 0. The Hall–Kier alpha value is -2.05. The van der Waals surface area contributed by atoms with E-state index in [0.29, 0.717) is 0 Å². The van der Waals surface area contributed by atoms with Gasteiger partial charge >= 0.3 is 0 Å². The van der Waals surface area contributed by atoms with E-state index in [-0.39, 0.29) is 0 Å². The van der Waals surface area contributed by atoms with Crippen molar-refractivity contribution >= 4 is 5.57 Å². The van der Waals surface area contributed by atoms with Gasteiger partial charge in [-0.15, -0.1) is 5.73 Å². The molecule has 0 N–H and O–H groups in total. The van der Waals surface area contributed by atoms with Crippen molar-refractivity contribution in [2.45, 2.75) is 59.8 Å². The molecule has 2 nitrogen and oxygen atoms in total. The highest BCUT2D eigenvalue weighted by Crippen LogP contribution is 2.29. The number of nitrogens with zero attached hydrogens (tertiary/aromatic N) is 2. The molecule has 0 aliphatic rings. The molecule has 0 amide bonds. The highest BCUT2D eigenvalue weighted by Gasteiger charge is 2.12. The molecule has 0 aliphatic heterocycles. The van der Waals surface area contributed by atoms with Crippen LogP contribution in [0, 0.1) is 6.92 Å². The van der Waals surface area contributed by atoms with Crippen molar-refractivity contribution in [3.8, 4) is 5.69 Å². The Balaban J connectivity index is 2.44. The summed E-state index contributed by atoms with van der Waals surface area (Å²) in [6, 6.07) is 8.46. The van der Waals surface area contributed by atoms with Crippen LogP contribution in [0.15, 0.2) is 48.0 Å². The number of aryl methyl sites for hydroxylation is 1. The predicted molar refractivity (Wildman–Crippen MR) is 98.8 cm³/mol. The van der Waals surface area contributed by atoms with E-state index in [4.69, 9.17) is 0 Å². The number of rotatable bonds is 7. The molecule has 2 aromatic rings. The van der Waals surface area contributed by atoms with E-state index in [2.05, 4.69) is 56.7 Å². The Kier molecular flexibility index (Phi) is 6.43. The fourth-order valence-electron chi connectivity index (χ4n) is 2.90. The molecule has 0 aliphatic carbocycles. The number of hydrogen-bond donors (Lipinski definition) is 0. The SMILES string of the molecule is CCCCCCC(=C=C(C)C)c1cccc(C)c1-n1cccn1. The van der Waals surface area contributed by atoms with E-state index in [1.165, 1.54) is 53.6 Å². The van der Waals surface area contributed by atoms with Crippen molar-refractivity contribution in [2.24, 2.45) is 0 Å². The van der Waals surface area contributed by atoms with Crippen molar-refractivity contribution < 1.29 is 0 Å². The van der Waals surface area contributed by atoms with E-state index in [1.54, 1.807) is 0 Å². The van der Waals surface area contributed by atoms with Crippen molar-refractivity contribution in [3.05, 3.63) is 59.1 Å². The Bertz CT molecular complexity index is 683. The molecule has 1 heterocycles. The van der Waals surface area contributed by atoms with Gasteiger partial charge in [-0.1, -0.05) is 44.4 Å². The fraction of sp³-hybridized carbons (Fsp3) is 0.429.